The molecule has 2 aromatic rings. The first kappa shape index (κ1) is 10.2. The summed E-state index contributed by atoms with van der Waals surface area (Å²) in [5.41, 5.74) is 1.13. The summed E-state index contributed by atoms with van der Waals surface area (Å²) in [7, 11) is 0. The van der Waals surface area contributed by atoms with E-state index in [9.17, 15) is 20.4 Å². The summed E-state index contributed by atoms with van der Waals surface area (Å²) in [5.74, 6) is -1.27. The molecule has 16 heavy (non-hydrogen) atoms. The molecule has 0 unspecified atom stereocenters. The molecule has 0 aromatic heterocycles. The average molecular weight is 218 g/mol. The van der Waals surface area contributed by atoms with Crippen molar-refractivity contribution in [1.29, 1.82) is 0 Å². The van der Waals surface area contributed by atoms with Crippen LogP contribution in [0.5, 0.6) is 23.0 Å². The van der Waals surface area contributed by atoms with Crippen LogP contribution in [0.1, 0.15) is 0 Å². The zero-order chi connectivity index (χ0) is 11.7. The van der Waals surface area contributed by atoms with Gasteiger partial charge in [-0.1, -0.05) is 12.1 Å². The largest absolute Gasteiger partial charge is 0.508 e. The van der Waals surface area contributed by atoms with E-state index in [1.165, 1.54) is 24.3 Å². The Morgan fingerprint density at radius 1 is 0.688 bits per heavy atom. The Kier molecular flexibility index (Phi) is 2.32. The summed E-state index contributed by atoms with van der Waals surface area (Å²) < 4.78 is 0. The highest BCUT2D eigenvalue weighted by molar-refractivity contribution is 5.71. The van der Waals surface area contributed by atoms with Crippen LogP contribution in [0.3, 0.4) is 0 Å². The van der Waals surface area contributed by atoms with Crippen molar-refractivity contribution in [1.82, 2.24) is 0 Å². The van der Waals surface area contributed by atoms with Crippen LogP contribution in [0, 0.1) is 0 Å². The van der Waals surface area contributed by atoms with Crippen molar-refractivity contribution in [2.75, 3.05) is 0 Å². The lowest BCUT2D eigenvalue weighted by Crippen LogP contribution is -1.79. The zero-order valence-corrected chi connectivity index (χ0v) is 8.25. The summed E-state index contributed by atoms with van der Waals surface area (Å²) in [6, 6.07) is 8.99. The van der Waals surface area contributed by atoms with Gasteiger partial charge < -0.3 is 20.4 Å². The maximum Gasteiger partial charge on any atom is 0.200 e. The van der Waals surface area contributed by atoms with Crippen molar-refractivity contribution in [3.63, 3.8) is 0 Å². The minimum absolute atomic E-state index is 0.0876. The van der Waals surface area contributed by atoms with Crippen molar-refractivity contribution < 1.29 is 20.4 Å². The predicted molar refractivity (Wildman–Crippen MR) is 58.5 cm³/mol. The molecule has 0 spiro atoms. The molecule has 0 amide bonds. The van der Waals surface area contributed by atoms with Crippen molar-refractivity contribution in [2.45, 2.75) is 0 Å². The Morgan fingerprint density at radius 3 is 1.88 bits per heavy atom. The van der Waals surface area contributed by atoms with Crippen LogP contribution in [-0.2, 0) is 0 Å². The molecule has 0 aliphatic carbocycles. The van der Waals surface area contributed by atoms with Gasteiger partial charge in [0.15, 0.2) is 17.2 Å². The van der Waals surface area contributed by atoms with Crippen molar-refractivity contribution in [3.05, 3.63) is 36.4 Å². The average Bonchev–Trinajstić information content (AvgIpc) is 2.25. The van der Waals surface area contributed by atoms with E-state index >= 15 is 0 Å². The lowest BCUT2D eigenvalue weighted by Gasteiger charge is -2.06. The van der Waals surface area contributed by atoms with E-state index in [1.54, 1.807) is 12.1 Å². The van der Waals surface area contributed by atoms with Gasteiger partial charge in [0, 0.05) is 0 Å². The standard InChI is InChI=1S/C12H10O4/c13-9-3-1-2-7(4-9)8-5-10(14)12(16)11(15)6-8/h1-6,13-16H. The SMILES string of the molecule is Oc1cccc(-c2cc(O)c(O)c(O)c2)c1. The minimum atomic E-state index is -0.552. The maximum atomic E-state index is 9.34. The smallest absolute Gasteiger partial charge is 0.200 e. The third-order valence-electron chi connectivity index (χ3n) is 2.25. The summed E-state index contributed by atoms with van der Waals surface area (Å²) in [6.45, 7) is 0. The second-order valence-corrected chi connectivity index (χ2v) is 3.41. The first-order chi connectivity index (χ1) is 7.58. The third-order valence-corrected chi connectivity index (χ3v) is 2.25. The van der Waals surface area contributed by atoms with Gasteiger partial charge in [-0.2, -0.15) is 0 Å². The highest BCUT2D eigenvalue weighted by atomic mass is 16.3. The topological polar surface area (TPSA) is 80.9 Å². The molecule has 4 N–H and O–H groups in total. The van der Waals surface area contributed by atoms with E-state index in [-0.39, 0.29) is 5.75 Å². The van der Waals surface area contributed by atoms with Crippen LogP contribution in [0.15, 0.2) is 36.4 Å². The van der Waals surface area contributed by atoms with E-state index in [4.69, 9.17) is 0 Å². The first-order valence-electron chi connectivity index (χ1n) is 4.62. The lowest BCUT2D eigenvalue weighted by molar-refractivity contribution is 0.368. The van der Waals surface area contributed by atoms with Gasteiger partial charge in [-0.05, 0) is 35.4 Å². The van der Waals surface area contributed by atoms with Crippen LogP contribution in [0.4, 0.5) is 0 Å². The fourth-order valence-electron chi connectivity index (χ4n) is 1.46. The lowest BCUT2D eigenvalue weighted by atomic mass is 10.0. The number of benzene rings is 2. The van der Waals surface area contributed by atoms with Crippen LogP contribution < -0.4 is 0 Å². The van der Waals surface area contributed by atoms with Gasteiger partial charge in [0.2, 0.25) is 0 Å². The quantitative estimate of drug-likeness (QED) is 0.553. The Bertz CT molecular complexity index is 511. The van der Waals surface area contributed by atoms with Crippen LogP contribution in [0.2, 0.25) is 0 Å². The molecule has 0 aliphatic rings. The Morgan fingerprint density at radius 2 is 1.31 bits per heavy atom. The number of phenols is 4. The summed E-state index contributed by atoms with van der Waals surface area (Å²) >= 11 is 0. The van der Waals surface area contributed by atoms with E-state index in [1.807, 2.05) is 0 Å². The summed E-state index contributed by atoms with van der Waals surface area (Å²) in [4.78, 5) is 0. The Hall–Kier alpha value is -2.36. The number of rotatable bonds is 1. The molecule has 0 saturated carbocycles. The molecule has 0 atom stereocenters. The Labute approximate surface area is 91.7 Å². The number of aromatic hydroxyl groups is 4. The van der Waals surface area contributed by atoms with Crippen molar-refractivity contribution >= 4 is 0 Å². The van der Waals surface area contributed by atoms with Crippen LogP contribution in [0.25, 0.3) is 11.1 Å². The molecular weight excluding hydrogens is 208 g/mol. The monoisotopic (exact) mass is 218 g/mol. The minimum Gasteiger partial charge on any atom is -0.508 e. The van der Waals surface area contributed by atoms with E-state index in [0.717, 1.165) is 0 Å². The highest BCUT2D eigenvalue weighted by Crippen LogP contribution is 2.39. The van der Waals surface area contributed by atoms with E-state index in [0.29, 0.717) is 11.1 Å². The van der Waals surface area contributed by atoms with Gasteiger partial charge in [-0.15, -0.1) is 0 Å². The molecule has 0 fully saturated rings. The second-order valence-electron chi connectivity index (χ2n) is 3.41. The number of hydrogen-bond acceptors (Lipinski definition) is 4. The van der Waals surface area contributed by atoms with Gasteiger partial charge in [0.05, 0.1) is 0 Å². The summed E-state index contributed by atoms with van der Waals surface area (Å²) in [6.07, 6.45) is 0. The molecule has 0 heterocycles. The van der Waals surface area contributed by atoms with Gasteiger partial charge in [0.1, 0.15) is 5.75 Å². The Balaban J connectivity index is 2.57. The van der Waals surface area contributed by atoms with Crippen LogP contribution in [-0.4, -0.2) is 20.4 Å². The fourth-order valence-corrected chi connectivity index (χ4v) is 1.46. The predicted octanol–water partition coefficient (Wildman–Crippen LogP) is 2.18. The van der Waals surface area contributed by atoms with E-state index < -0.39 is 17.2 Å². The molecule has 2 aromatic carbocycles. The van der Waals surface area contributed by atoms with Gasteiger partial charge in [-0.3, -0.25) is 0 Å². The van der Waals surface area contributed by atoms with Gasteiger partial charge >= 0.3 is 0 Å². The zero-order valence-electron chi connectivity index (χ0n) is 8.25. The van der Waals surface area contributed by atoms with E-state index in [2.05, 4.69) is 0 Å². The molecule has 0 saturated heterocycles. The number of phenolic OH excluding ortho intramolecular Hbond substituents is 4. The molecule has 0 radical (unpaired) electrons. The molecule has 4 nitrogen and oxygen atoms in total. The molecule has 4 heteroatoms. The van der Waals surface area contributed by atoms with Crippen molar-refractivity contribution in [3.8, 4) is 34.1 Å². The van der Waals surface area contributed by atoms with Crippen LogP contribution >= 0.6 is 0 Å². The molecule has 2 rings (SSSR count). The molecule has 0 bridgehead atoms. The molecule has 82 valence electrons. The second kappa shape index (κ2) is 3.66. The maximum absolute atomic E-state index is 9.34. The normalized spacial score (nSPS) is 10.2. The van der Waals surface area contributed by atoms with Crippen molar-refractivity contribution in [2.24, 2.45) is 0 Å². The fraction of sp³-hybridized carbons (Fsp3) is 0. The third kappa shape index (κ3) is 1.72. The van der Waals surface area contributed by atoms with Gasteiger partial charge in [-0.25, -0.2) is 0 Å². The van der Waals surface area contributed by atoms with Gasteiger partial charge in [0.25, 0.3) is 0 Å². The first-order valence-corrected chi connectivity index (χ1v) is 4.62. The number of hydrogen-bond donors (Lipinski definition) is 4. The summed E-state index contributed by atoms with van der Waals surface area (Å²) in [5, 5.41) is 37.2. The molecular formula is C12H10O4. The molecule has 0 aliphatic heterocycles. The highest BCUT2D eigenvalue weighted by Gasteiger charge is 2.09.